The van der Waals surface area contributed by atoms with Crippen molar-refractivity contribution < 1.29 is 9.59 Å². The van der Waals surface area contributed by atoms with Crippen molar-refractivity contribution in [2.75, 3.05) is 42.9 Å². The molecule has 1 unspecified atom stereocenters. The Bertz CT molecular complexity index is 673. The molecule has 6 nitrogen and oxygen atoms in total. The van der Waals surface area contributed by atoms with Crippen molar-refractivity contribution in [2.45, 2.75) is 60.3 Å². The van der Waals surface area contributed by atoms with Crippen LogP contribution in [0.4, 0.5) is 16.2 Å². The Balaban J connectivity index is 1.78. The van der Waals surface area contributed by atoms with Crippen molar-refractivity contribution in [3.05, 3.63) is 24.3 Å². The van der Waals surface area contributed by atoms with Gasteiger partial charge in [0.2, 0.25) is 5.91 Å². The first kappa shape index (κ1) is 24.0. The molecule has 1 saturated heterocycles. The molecule has 6 heteroatoms. The molecule has 0 aromatic heterocycles. The molecule has 0 aliphatic carbocycles. The highest BCUT2D eigenvalue weighted by Gasteiger charge is 2.24. The maximum atomic E-state index is 12.6. The minimum atomic E-state index is -0.163. The Labute approximate surface area is 182 Å². The number of hydrogen-bond donors (Lipinski definition) is 2. The maximum Gasteiger partial charge on any atom is 0.319 e. The van der Waals surface area contributed by atoms with Crippen molar-refractivity contribution in [2.24, 2.45) is 11.3 Å². The second-order valence-electron chi connectivity index (χ2n) is 9.72. The van der Waals surface area contributed by atoms with Gasteiger partial charge >= 0.3 is 6.03 Å². The van der Waals surface area contributed by atoms with E-state index >= 15 is 0 Å². The molecule has 30 heavy (non-hydrogen) atoms. The van der Waals surface area contributed by atoms with E-state index in [1.54, 1.807) is 0 Å². The van der Waals surface area contributed by atoms with Crippen LogP contribution in [0.1, 0.15) is 60.3 Å². The van der Waals surface area contributed by atoms with Crippen LogP contribution in [-0.4, -0.2) is 49.6 Å². The molecule has 1 aliphatic rings. The normalized spacial score (nSPS) is 15.6. The maximum absolute atomic E-state index is 12.6. The summed E-state index contributed by atoms with van der Waals surface area (Å²) in [6.07, 6.45) is 3.74. The summed E-state index contributed by atoms with van der Waals surface area (Å²) in [5.74, 6) is 0.690. The van der Waals surface area contributed by atoms with Crippen LogP contribution in [0, 0.1) is 11.3 Å². The molecule has 1 heterocycles. The number of anilines is 2. The molecule has 0 saturated carbocycles. The van der Waals surface area contributed by atoms with Crippen LogP contribution in [0.25, 0.3) is 0 Å². The molecule has 168 valence electrons. The number of nitrogens with zero attached hydrogens (tertiary/aromatic N) is 2. The van der Waals surface area contributed by atoms with Crippen LogP contribution in [-0.2, 0) is 4.79 Å². The molecule has 2 rings (SSSR count). The van der Waals surface area contributed by atoms with Crippen LogP contribution in [0.2, 0.25) is 0 Å². The topological polar surface area (TPSA) is 64.7 Å². The van der Waals surface area contributed by atoms with Crippen LogP contribution < -0.4 is 15.5 Å². The molecule has 1 atom stereocenters. The fourth-order valence-electron chi connectivity index (χ4n) is 4.07. The van der Waals surface area contributed by atoms with Gasteiger partial charge in [-0.1, -0.05) is 41.0 Å². The molecule has 1 aliphatic heterocycles. The van der Waals surface area contributed by atoms with Gasteiger partial charge in [0.25, 0.3) is 0 Å². The van der Waals surface area contributed by atoms with Gasteiger partial charge in [0.15, 0.2) is 0 Å². The van der Waals surface area contributed by atoms with Crippen molar-refractivity contribution in [3.8, 4) is 0 Å². The highest BCUT2D eigenvalue weighted by Crippen LogP contribution is 2.27. The highest BCUT2D eigenvalue weighted by atomic mass is 16.2. The first-order chi connectivity index (χ1) is 14.2. The number of carbonyl (C=O) groups excluding carboxylic acids is 2. The van der Waals surface area contributed by atoms with Crippen molar-refractivity contribution in [1.82, 2.24) is 10.2 Å². The Morgan fingerprint density at radius 3 is 2.27 bits per heavy atom. The van der Waals surface area contributed by atoms with E-state index in [9.17, 15) is 9.59 Å². The lowest BCUT2D eigenvalue weighted by atomic mass is 9.84. The largest absolute Gasteiger partial charge is 0.368 e. The fourth-order valence-corrected chi connectivity index (χ4v) is 4.07. The number of unbranched alkanes of at least 4 members (excludes halogenated alkanes) is 1. The summed E-state index contributed by atoms with van der Waals surface area (Å²) in [6, 6.07) is 7.76. The predicted molar refractivity (Wildman–Crippen MR) is 125 cm³/mol. The predicted octanol–water partition coefficient (Wildman–Crippen LogP) is 4.72. The minimum absolute atomic E-state index is 0.163. The zero-order chi connectivity index (χ0) is 22.1. The van der Waals surface area contributed by atoms with Crippen molar-refractivity contribution in [1.29, 1.82) is 0 Å². The molecular formula is C24H40N4O2. The molecular weight excluding hydrogens is 376 g/mol. The zero-order valence-electron chi connectivity index (χ0n) is 19.5. The number of piperazine rings is 1. The molecule has 0 bridgehead atoms. The van der Waals surface area contributed by atoms with E-state index in [0.29, 0.717) is 18.9 Å². The van der Waals surface area contributed by atoms with E-state index in [-0.39, 0.29) is 17.4 Å². The van der Waals surface area contributed by atoms with E-state index in [0.717, 1.165) is 56.8 Å². The number of rotatable bonds is 8. The van der Waals surface area contributed by atoms with Gasteiger partial charge in [-0.15, -0.1) is 0 Å². The minimum Gasteiger partial charge on any atom is -0.368 e. The quantitative estimate of drug-likeness (QED) is 0.603. The molecule has 0 radical (unpaired) electrons. The molecule has 0 spiro atoms. The molecule has 1 aromatic rings. The van der Waals surface area contributed by atoms with Gasteiger partial charge in [-0.3, -0.25) is 4.79 Å². The molecule has 1 aromatic carbocycles. The van der Waals surface area contributed by atoms with E-state index in [1.807, 2.05) is 29.2 Å². The number of carbonyl (C=O) groups is 2. The monoisotopic (exact) mass is 416 g/mol. The van der Waals surface area contributed by atoms with Crippen molar-refractivity contribution in [3.63, 3.8) is 0 Å². The van der Waals surface area contributed by atoms with Crippen LogP contribution in [0.3, 0.4) is 0 Å². The van der Waals surface area contributed by atoms with E-state index in [1.165, 1.54) is 0 Å². The summed E-state index contributed by atoms with van der Waals surface area (Å²) in [5.41, 5.74) is 2.17. The number of urea groups is 1. The van der Waals surface area contributed by atoms with Gasteiger partial charge < -0.3 is 20.4 Å². The fraction of sp³-hybridized carbons (Fsp3) is 0.667. The Morgan fingerprint density at radius 2 is 1.70 bits per heavy atom. The first-order valence-electron chi connectivity index (χ1n) is 11.4. The second kappa shape index (κ2) is 11.2. The van der Waals surface area contributed by atoms with Crippen molar-refractivity contribution >= 4 is 23.3 Å². The Kier molecular flexibility index (Phi) is 9.00. The number of amides is 3. The average Bonchev–Trinajstić information content (AvgIpc) is 2.67. The summed E-state index contributed by atoms with van der Waals surface area (Å²) in [4.78, 5) is 28.8. The smallest absolute Gasteiger partial charge is 0.319 e. The zero-order valence-corrected chi connectivity index (χ0v) is 19.5. The standard InChI is InChI=1S/C24H40N4O2/c1-6-7-12-25-23(30)26-20-8-10-21(11-9-20)27-13-15-28(16-14-27)22(29)17-19(2)18-24(3,4)5/h8-11,19H,6-7,12-18H2,1-5H3,(H2,25,26,30). The third-order valence-corrected chi connectivity index (χ3v) is 5.42. The van der Waals surface area contributed by atoms with Gasteiger partial charge in [-0.2, -0.15) is 0 Å². The molecule has 2 N–H and O–H groups in total. The summed E-state index contributed by atoms with van der Waals surface area (Å²) in [6.45, 7) is 14.9. The van der Waals surface area contributed by atoms with Crippen LogP contribution >= 0.6 is 0 Å². The van der Waals surface area contributed by atoms with Crippen LogP contribution in [0.15, 0.2) is 24.3 Å². The van der Waals surface area contributed by atoms with E-state index < -0.39 is 0 Å². The number of benzene rings is 1. The SMILES string of the molecule is CCCCNC(=O)Nc1ccc(N2CCN(C(=O)CC(C)CC(C)(C)C)CC2)cc1. The lowest BCUT2D eigenvalue weighted by molar-refractivity contribution is -0.132. The highest BCUT2D eigenvalue weighted by molar-refractivity contribution is 5.89. The third-order valence-electron chi connectivity index (χ3n) is 5.42. The average molecular weight is 417 g/mol. The van der Waals surface area contributed by atoms with E-state index in [4.69, 9.17) is 0 Å². The second-order valence-corrected chi connectivity index (χ2v) is 9.72. The Morgan fingerprint density at radius 1 is 1.07 bits per heavy atom. The van der Waals surface area contributed by atoms with Gasteiger partial charge in [0.1, 0.15) is 0 Å². The lowest BCUT2D eigenvalue weighted by Gasteiger charge is -2.37. The summed E-state index contributed by atoms with van der Waals surface area (Å²) in [7, 11) is 0. The van der Waals surface area contributed by atoms with Gasteiger partial charge in [0, 0.05) is 50.5 Å². The van der Waals surface area contributed by atoms with E-state index in [2.05, 4.69) is 50.2 Å². The number of nitrogens with one attached hydrogen (secondary N) is 2. The van der Waals surface area contributed by atoms with Gasteiger partial charge in [-0.05, 0) is 48.4 Å². The summed E-state index contributed by atoms with van der Waals surface area (Å²) in [5, 5.41) is 5.72. The van der Waals surface area contributed by atoms with Gasteiger partial charge in [-0.25, -0.2) is 4.79 Å². The van der Waals surface area contributed by atoms with Gasteiger partial charge in [0.05, 0.1) is 0 Å². The molecule has 3 amide bonds. The summed E-state index contributed by atoms with van der Waals surface area (Å²) < 4.78 is 0. The summed E-state index contributed by atoms with van der Waals surface area (Å²) >= 11 is 0. The molecule has 1 fully saturated rings. The third kappa shape index (κ3) is 8.25. The number of hydrogen-bond acceptors (Lipinski definition) is 3. The lowest BCUT2D eigenvalue weighted by Crippen LogP contribution is -2.49. The van der Waals surface area contributed by atoms with Crippen LogP contribution in [0.5, 0.6) is 0 Å². The first-order valence-corrected chi connectivity index (χ1v) is 11.4. The Hall–Kier alpha value is -2.24.